The first-order valence-corrected chi connectivity index (χ1v) is 7.47. The Hall–Kier alpha value is -1.33. The molecule has 0 amide bonds. The second kappa shape index (κ2) is 6.41. The van der Waals surface area contributed by atoms with Crippen molar-refractivity contribution in [1.29, 1.82) is 0 Å². The SMILES string of the molecule is Cc1ccc(Sc2nc(Cl)nc(OC(C)C)n2)cc1C. The Kier molecular flexibility index (Phi) is 4.83. The van der Waals surface area contributed by atoms with Crippen molar-refractivity contribution in [3.05, 3.63) is 34.6 Å². The van der Waals surface area contributed by atoms with Crippen molar-refractivity contribution in [1.82, 2.24) is 15.0 Å². The van der Waals surface area contributed by atoms with E-state index in [-0.39, 0.29) is 17.4 Å². The average molecular weight is 310 g/mol. The number of benzene rings is 1. The Bertz CT molecular complexity index is 619. The van der Waals surface area contributed by atoms with Gasteiger partial charge in [0.2, 0.25) is 5.28 Å². The molecule has 0 bridgehead atoms. The Balaban J connectivity index is 2.24. The largest absolute Gasteiger partial charge is 0.461 e. The van der Waals surface area contributed by atoms with Gasteiger partial charge in [0.15, 0.2) is 5.16 Å². The van der Waals surface area contributed by atoms with Gasteiger partial charge in [-0.2, -0.15) is 15.0 Å². The van der Waals surface area contributed by atoms with E-state index < -0.39 is 0 Å². The number of hydrogen-bond donors (Lipinski definition) is 0. The van der Waals surface area contributed by atoms with Crippen molar-refractivity contribution < 1.29 is 4.74 Å². The molecule has 20 heavy (non-hydrogen) atoms. The van der Waals surface area contributed by atoms with Gasteiger partial charge in [0, 0.05) is 4.90 Å². The van der Waals surface area contributed by atoms with Crippen LogP contribution in [0.1, 0.15) is 25.0 Å². The number of aryl methyl sites for hydroxylation is 2. The van der Waals surface area contributed by atoms with Crippen LogP contribution in [0.2, 0.25) is 5.28 Å². The molecule has 0 radical (unpaired) electrons. The van der Waals surface area contributed by atoms with Gasteiger partial charge in [-0.15, -0.1) is 0 Å². The molecule has 0 saturated carbocycles. The van der Waals surface area contributed by atoms with Crippen molar-refractivity contribution >= 4 is 23.4 Å². The minimum Gasteiger partial charge on any atom is -0.461 e. The first kappa shape index (κ1) is 15.1. The van der Waals surface area contributed by atoms with Crippen molar-refractivity contribution in [3.8, 4) is 6.01 Å². The summed E-state index contributed by atoms with van der Waals surface area (Å²) < 4.78 is 5.46. The fourth-order valence-corrected chi connectivity index (χ4v) is 2.55. The average Bonchev–Trinajstić information content (AvgIpc) is 2.32. The monoisotopic (exact) mass is 309 g/mol. The van der Waals surface area contributed by atoms with Crippen LogP contribution in [0.15, 0.2) is 28.3 Å². The molecule has 0 saturated heterocycles. The maximum atomic E-state index is 5.90. The lowest BCUT2D eigenvalue weighted by Crippen LogP contribution is -2.09. The van der Waals surface area contributed by atoms with Crippen molar-refractivity contribution in [2.75, 3.05) is 0 Å². The lowest BCUT2D eigenvalue weighted by Gasteiger charge is -2.09. The molecule has 2 rings (SSSR count). The first-order valence-electron chi connectivity index (χ1n) is 6.27. The van der Waals surface area contributed by atoms with E-state index in [0.717, 1.165) is 4.90 Å². The third-order valence-electron chi connectivity index (χ3n) is 2.60. The molecule has 0 spiro atoms. The fraction of sp³-hybridized carbons (Fsp3) is 0.357. The minimum absolute atomic E-state index is 0.00654. The molecule has 2 aromatic rings. The van der Waals surface area contributed by atoms with Crippen molar-refractivity contribution in [2.24, 2.45) is 0 Å². The number of aromatic nitrogens is 3. The van der Waals surface area contributed by atoms with Crippen LogP contribution in [0.3, 0.4) is 0 Å². The zero-order valence-corrected chi connectivity index (χ0v) is 13.4. The second-order valence-corrected chi connectivity index (χ2v) is 6.06. The highest BCUT2D eigenvalue weighted by Gasteiger charge is 2.09. The summed E-state index contributed by atoms with van der Waals surface area (Å²) in [6.45, 7) is 7.98. The van der Waals surface area contributed by atoms with Gasteiger partial charge in [0.05, 0.1) is 6.10 Å². The van der Waals surface area contributed by atoms with E-state index in [4.69, 9.17) is 16.3 Å². The van der Waals surface area contributed by atoms with Crippen LogP contribution in [-0.2, 0) is 0 Å². The van der Waals surface area contributed by atoms with E-state index >= 15 is 0 Å². The van der Waals surface area contributed by atoms with E-state index in [1.165, 1.54) is 22.9 Å². The molecular formula is C14H16ClN3OS. The third-order valence-corrected chi connectivity index (χ3v) is 3.62. The Morgan fingerprint density at radius 3 is 2.50 bits per heavy atom. The summed E-state index contributed by atoms with van der Waals surface area (Å²) in [5, 5.41) is 0.672. The Morgan fingerprint density at radius 2 is 1.85 bits per heavy atom. The zero-order valence-electron chi connectivity index (χ0n) is 11.8. The van der Waals surface area contributed by atoms with Crippen molar-refractivity contribution in [2.45, 2.75) is 43.9 Å². The summed E-state index contributed by atoms with van der Waals surface area (Å²) in [5.74, 6) is 0. The third kappa shape index (κ3) is 4.08. The number of ether oxygens (including phenoxy) is 1. The fourth-order valence-electron chi connectivity index (χ4n) is 1.51. The molecule has 1 heterocycles. The number of hydrogen-bond acceptors (Lipinski definition) is 5. The van der Waals surface area contributed by atoms with Gasteiger partial charge in [-0.25, -0.2) is 0 Å². The number of halogens is 1. The predicted molar refractivity (Wildman–Crippen MR) is 80.6 cm³/mol. The van der Waals surface area contributed by atoms with Gasteiger partial charge in [0.25, 0.3) is 0 Å². The molecule has 0 unspecified atom stereocenters. The van der Waals surface area contributed by atoms with Crippen LogP contribution >= 0.6 is 23.4 Å². The highest BCUT2D eigenvalue weighted by Crippen LogP contribution is 2.28. The Labute approximate surface area is 128 Å². The van der Waals surface area contributed by atoms with E-state index in [9.17, 15) is 0 Å². The summed E-state index contributed by atoms with van der Waals surface area (Å²) in [6, 6.07) is 6.46. The molecule has 1 aromatic heterocycles. The maximum absolute atomic E-state index is 5.90. The molecular weight excluding hydrogens is 294 g/mol. The number of nitrogens with zero attached hydrogens (tertiary/aromatic N) is 3. The molecule has 4 nitrogen and oxygen atoms in total. The quantitative estimate of drug-likeness (QED) is 0.851. The van der Waals surface area contributed by atoms with Gasteiger partial charge in [-0.05, 0) is 74.3 Å². The molecule has 0 fully saturated rings. The second-order valence-electron chi connectivity index (χ2n) is 4.68. The van der Waals surface area contributed by atoms with Crippen LogP contribution in [0.25, 0.3) is 0 Å². The van der Waals surface area contributed by atoms with Crippen LogP contribution in [-0.4, -0.2) is 21.1 Å². The molecule has 6 heteroatoms. The van der Waals surface area contributed by atoms with E-state index in [2.05, 4.69) is 40.9 Å². The van der Waals surface area contributed by atoms with Gasteiger partial charge in [-0.3, -0.25) is 0 Å². The van der Waals surface area contributed by atoms with E-state index in [0.29, 0.717) is 5.16 Å². The van der Waals surface area contributed by atoms with E-state index in [1.807, 2.05) is 19.9 Å². The van der Waals surface area contributed by atoms with Gasteiger partial charge < -0.3 is 4.74 Å². The molecule has 0 N–H and O–H groups in total. The van der Waals surface area contributed by atoms with Crippen LogP contribution < -0.4 is 4.74 Å². The van der Waals surface area contributed by atoms with E-state index in [1.54, 1.807) is 0 Å². The van der Waals surface area contributed by atoms with Crippen LogP contribution in [0.5, 0.6) is 6.01 Å². The Morgan fingerprint density at radius 1 is 1.10 bits per heavy atom. The maximum Gasteiger partial charge on any atom is 0.322 e. The summed E-state index contributed by atoms with van der Waals surface area (Å²) in [7, 11) is 0. The normalized spacial score (nSPS) is 10.9. The molecule has 0 atom stereocenters. The lowest BCUT2D eigenvalue weighted by molar-refractivity contribution is 0.219. The summed E-state index contributed by atoms with van der Waals surface area (Å²) >= 11 is 7.34. The smallest absolute Gasteiger partial charge is 0.322 e. The molecule has 0 aliphatic heterocycles. The topological polar surface area (TPSA) is 47.9 Å². The first-order chi connectivity index (χ1) is 9.44. The molecule has 106 valence electrons. The van der Waals surface area contributed by atoms with Crippen LogP contribution in [0, 0.1) is 13.8 Å². The highest BCUT2D eigenvalue weighted by molar-refractivity contribution is 7.99. The zero-order chi connectivity index (χ0) is 14.7. The van der Waals surface area contributed by atoms with Crippen LogP contribution in [0.4, 0.5) is 0 Å². The number of rotatable bonds is 4. The molecule has 1 aromatic carbocycles. The summed E-state index contributed by atoms with van der Waals surface area (Å²) in [4.78, 5) is 13.4. The predicted octanol–water partition coefficient (Wildman–Crippen LogP) is 4.08. The standard InChI is InChI=1S/C14H16ClN3OS/c1-8(2)19-13-16-12(15)17-14(18-13)20-11-6-5-9(3)10(4)7-11/h5-8H,1-4H3. The molecule has 0 aliphatic rings. The van der Waals surface area contributed by atoms with Gasteiger partial charge in [-0.1, -0.05) is 6.07 Å². The summed E-state index contributed by atoms with van der Waals surface area (Å²) in [6.07, 6.45) is -0.00654. The van der Waals surface area contributed by atoms with Gasteiger partial charge >= 0.3 is 6.01 Å². The van der Waals surface area contributed by atoms with Crippen molar-refractivity contribution in [3.63, 3.8) is 0 Å². The lowest BCUT2D eigenvalue weighted by atomic mass is 10.1. The summed E-state index contributed by atoms with van der Waals surface area (Å²) in [5.41, 5.74) is 2.49. The molecule has 0 aliphatic carbocycles. The van der Waals surface area contributed by atoms with Gasteiger partial charge in [0.1, 0.15) is 0 Å². The minimum atomic E-state index is -0.00654. The highest BCUT2D eigenvalue weighted by atomic mass is 35.5.